The molecule has 0 aromatic carbocycles. The van der Waals surface area contributed by atoms with Gasteiger partial charge in [0.05, 0.1) is 0 Å². The first-order valence-corrected chi connectivity index (χ1v) is 6.58. The van der Waals surface area contributed by atoms with E-state index in [0.717, 1.165) is 17.1 Å². The maximum absolute atomic E-state index is 6.95. The van der Waals surface area contributed by atoms with Crippen LogP contribution in [0.1, 0.15) is 62.3 Å². The molecule has 0 aliphatic rings. The van der Waals surface area contributed by atoms with Crippen LogP contribution in [-0.2, 0) is 0 Å². The van der Waals surface area contributed by atoms with Crippen LogP contribution in [0, 0.1) is 34.0 Å². The van der Waals surface area contributed by atoms with Gasteiger partial charge in [0.2, 0.25) is 0 Å². The first-order valence-electron chi connectivity index (χ1n) is 6.58. The van der Waals surface area contributed by atoms with Crippen molar-refractivity contribution in [1.29, 1.82) is 16.2 Å². The predicted octanol–water partition coefficient (Wildman–Crippen LogP) is 5.05. The molecule has 0 heterocycles. The second kappa shape index (κ2) is 12.5. The van der Waals surface area contributed by atoms with Crippen LogP contribution < -0.4 is 0 Å². The molecule has 18 heavy (non-hydrogen) atoms. The van der Waals surface area contributed by atoms with E-state index in [0.29, 0.717) is 17.8 Å². The summed E-state index contributed by atoms with van der Waals surface area (Å²) >= 11 is 0. The molecule has 0 radical (unpaired) electrons. The summed E-state index contributed by atoms with van der Waals surface area (Å²) in [5.74, 6) is 1.31. The minimum atomic E-state index is 0.435. The van der Waals surface area contributed by atoms with Gasteiger partial charge in [0.1, 0.15) is 0 Å². The van der Waals surface area contributed by atoms with Crippen LogP contribution >= 0.6 is 0 Å². The minimum absolute atomic E-state index is 0.435. The van der Waals surface area contributed by atoms with E-state index in [9.17, 15) is 0 Å². The summed E-state index contributed by atoms with van der Waals surface area (Å²) in [5.41, 5.74) is 2.28. The van der Waals surface area contributed by atoms with Gasteiger partial charge in [-0.2, -0.15) is 0 Å². The van der Waals surface area contributed by atoms with Crippen LogP contribution in [0.4, 0.5) is 0 Å². The van der Waals surface area contributed by atoms with Gasteiger partial charge in [-0.3, -0.25) is 0 Å². The van der Waals surface area contributed by atoms with E-state index in [1.807, 2.05) is 62.3 Å². The summed E-state index contributed by atoms with van der Waals surface area (Å²) in [6, 6.07) is 0. The molecule has 0 aromatic rings. The van der Waals surface area contributed by atoms with Crippen molar-refractivity contribution in [1.82, 2.24) is 0 Å². The molecular formula is C15H33N3. The Morgan fingerprint density at radius 2 is 0.556 bits per heavy atom. The maximum Gasteiger partial charge on any atom is 0.00836 e. The molecule has 0 amide bonds. The molecule has 0 aliphatic carbocycles. The first kappa shape index (κ1) is 22.2. The summed E-state index contributed by atoms with van der Waals surface area (Å²) in [4.78, 5) is 0. The molecular weight excluding hydrogens is 222 g/mol. The zero-order chi connectivity index (χ0) is 15.5. The van der Waals surface area contributed by atoms with Crippen molar-refractivity contribution in [2.45, 2.75) is 62.3 Å². The van der Waals surface area contributed by atoms with Crippen molar-refractivity contribution in [3.8, 4) is 0 Å². The summed E-state index contributed by atoms with van der Waals surface area (Å²) < 4.78 is 0. The van der Waals surface area contributed by atoms with Crippen LogP contribution in [-0.4, -0.2) is 17.1 Å². The number of rotatable bonds is 3. The predicted molar refractivity (Wildman–Crippen MR) is 84.7 cm³/mol. The third kappa shape index (κ3) is 24.3. The van der Waals surface area contributed by atoms with Crippen LogP contribution in [0.2, 0.25) is 0 Å². The van der Waals surface area contributed by atoms with Crippen LogP contribution in [0.15, 0.2) is 0 Å². The van der Waals surface area contributed by atoms with Crippen molar-refractivity contribution in [3.63, 3.8) is 0 Å². The van der Waals surface area contributed by atoms with E-state index in [4.69, 9.17) is 16.2 Å². The SMILES string of the molecule is CC(=N)C(C)C.CC(=N)C(C)C.CC(=N)C(C)C. The standard InChI is InChI=1S/3C5H11N/c3*1-4(2)5(3)6/h3*4,6H,1-3H3. The first-order chi connectivity index (χ1) is 7.93. The fourth-order valence-electron chi connectivity index (χ4n) is 0. The zero-order valence-electron chi connectivity index (χ0n) is 13.7. The monoisotopic (exact) mass is 255 g/mol. The lowest BCUT2D eigenvalue weighted by Gasteiger charge is -1.95. The molecule has 3 heteroatoms. The van der Waals surface area contributed by atoms with Gasteiger partial charge in [0.15, 0.2) is 0 Å². The highest BCUT2D eigenvalue weighted by molar-refractivity contribution is 5.80. The molecule has 3 N–H and O–H groups in total. The maximum atomic E-state index is 6.95. The average Bonchev–Trinajstić information content (AvgIpc) is 2.18. The molecule has 0 spiro atoms. The highest BCUT2D eigenvalue weighted by atomic mass is 14.4. The van der Waals surface area contributed by atoms with Crippen LogP contribution in [0.5, 0.6) is 0 Å². The van der Waals surface area contributed by atoms with E-state index in [2.05, 4.69) is 0 Å². The topological polar surface area (TPSA) is 71.6 Å². The highest BCUT2D eigenvalue weighted by Gasteiger charge is 1.91. The normalized spacial score (nSPS) is 9.33. The van der Waals surface area contributed by atoms with Crippen LogP contribution in [0.3, 0.4) is 0 Å². The Balaban J connectivity index is -0.000000187. The zero-order valence-corrected chi connectivity index (χ0v) is 13.7. The van der Waals surface area contributed by atoms with Crippen LogP contribution in [0.25, 0.3) is 0 Å². The largest absolute Gasteiger partial charge is 0.310 e. The van der Waals surface area contributed by atoms with E-state index in [1.54, 1.807) is 0 Å². The van der Waals surface area contributed by atoms with Crippen molar-refractivity contribution in [3.05, 3.63) is 0 Å². The summed E-state index contributed by atoms with van der Waals surface area (Å²) in [5, 5.41) is 20.8. The van der Waals surface area contributed by atoms with Crippen molar-refractivity contribution >= 4 is 17.1 Å². The van der Waals surface area contributed by atoms with Gasteiger partial charge >= 0.3 is 0 Å². The number of nitrogens with one attached hydrogen (secondary N) is 3. The lowest BCUT2D eigenvalue weighted by atomic mass is 10.1. The quantitative estimate of drug-likeness (QED) is 0.591. The Morgan fingerprint density at radius 1 is 0.500 bits per heavy atom. The van der Waals surface area contributed by atoms with Gasteiger partial charge in [-0.15, -0.1) is 0 Å². The lowest BCUT2D eigenvalue weighted by molar-refractivity contribution is 0.871. The van der Waals surface area contributed by atoms with E-state index < -0.39 is 0 Å². The summed E-state index contributed by atoms with van der Waals surface area (Å²) in [6.45, 7) is 17.6. The van der Waals surface area contributed by atoms with Gasteiger partial charge in [0.25, 0.3) is 0 Å². The van der Waals surface area contributed by atoms with Gasteiger partial charge < -0.3 is 16.2 Å². The lowest BCUT2D eigenvalue weighted by Crippen LogP contribution is -1.97. The average molecular weight is 255 g/mol. The second-order valence-corrected chi connectivity index (χ2v) is 5.51. The molecule has 0 rings (SSSR count). The summed E-state index contributed by atoms with van der Waals surface area (Å²) in [7, 11) is 0. The minimum Gasteiger partial charge on any atom is -0.310 e. The molecule has 0 saturated carbocycles. The third-order valence-corrected chi connectivity index (χ3v) is 2.60. The number of hydrogen-bond acceptors (Lipinski definition) is 3. The van der Waals surface area contributed by atoms with Gasteiger partial charge in [0, 0.05) is 17.1 Å². The molecule has 0 fully saturated rings. The number of hydrogen-bond donors (Lipinski definition) is 3. The Morgan fingerprint density at radius 3 is 0.556 bits per heavy atom. The molecule has 0 aromatic heterocycles. The Labute approximate surface area is 114 Å². The van der Waals surface area contributed by atoms with E-state index >= 15 is 0 Å². The van der Waals surface area contributed by atoms with Crippen molar-refractivity contribution in [2.75, 3.05) is 0 Å². The molecule has 0 atom stereocenters. The summed E-state index contributed by atoms with van der Waals surface area (Å²) in [6.07, 6.45) is 0. The smallest absolute Gasteiger partial charge is 0.00836 e. The molecule has 0 unspecified atom stereocenters. The van der Waals surface area contributed by atoms with Gasteiger partial charge in [-0.1, -0.05) is 41.5 Å². The van der Waals surface area contributed by atoms with Crippen molar-refractivity contribution < 1.29 is 0 Å². The Bertz CT molecular complexity index is 208. The van der Waals surface area contributed by atoms with Gasteiger partial charge in [-0.25, -0.2) is 0 Å². The molecule has 108 valence electrons. The van der Waals surface area contributed by atoms with E-state index in [1.165, 1.54) is 0 Å². The molecule has 0 bridgehead atoms. The Hall–Kier alpha value is -0.990. The van der Waals surface area contributed by atoms with E-state index in [-0.39, 0.29) is 0 Å². The fraction of sp³-hybridized carbons (Fsp3) is 0.800. The Kier molecular flexibility index (Phi) is 15.4. The molecule has 3 nitrogen and oxygen atoms in total. The third-order valence-electron chi connectivity index (χ3n) is 2.60. The van der Waals surface area contributed by atoms with Crippen molar-refractivity contribution in [2.24, 2.45) is 17.8 Å². The fourth-order valence-corrected chi connectivity index (χ4v) is 0. The highest BCUT2D eigenvalue weighted by Crippen LogP contribution is 1.91. The van der Waals surface area contributed by atoms with Gasteiger partial charge in [-0.05, 0) is 38.5 Å². The molecule has 0 saturated heterocycles. The molecule has 0 aliphatic heterocycles. The second-order valence-electron chi connectivity index (χ2n) is 5.51.